The van der Waals surface area contributed by atoms with E-state index in [1.807, 2.05) is 6.92 Å². The standard InChI is InChI=1S/C18H27N3O2/c1-12-5-6-15(13(2)9-12)10-14(3)19-18(23)20-16-7-8-17(22)21(4)11-16/h5-6,9,14,16H,7-8,10-11H2,1-4H3,(H2,19,20,23). The Bertz CT molecular complexity index is 586. The third-order valence-corrected chi connectivity index (χ3v) is 4.36. The van der Waals surface area contributed by atoms with Crippen molar-refractivity contribution in [3.05, 3.63) is 34.9 Å². The Hall–Kier alpha value is -2.04. The molecule has 1 aliphatic heterocycles. The van der Waals surface area contributed by atoms with Crippen molar-refractivity contribution in [2.24, 2.45) is 0 Å². The number of carbonyl (C=O) groups excluding carboxylic acids is 2. The third-order valence-electron chi connectivity index (χ3n) is 4.36. The first-order valence-electron chi connectivity index (χ1n) is 8.22. The van der Waals surface area contributed by atoms with Gasteiger partial charge < -0.3 is 15.5 Å². The van der Waals surface area contributed by atoms with Gasteiger partial charge in [0, 0.05) is 32.1 Å². The van der Waals surface area contributed by atoms with Crippen LogP contribution in [0.5, 0.6) is 0 Å². The van der Waals surface area contributed by atoms with Crippen LogP contribution in [0.2, 0.25) is 0 Å². The van der Waals surface area contributed by atoms with Crippen LogP contribution in [0.25, 0.3) is 0 Å². The van der Waals surface area contributed by atoms with Gasteiger partial charge in [-0.1, -0.05) is 23.8 Å². The Morgan fingerprint density at radius 1 is 1.39 bits per heavy atom. The minimum atomic E-state index is -0.157. The molecule has 2 rings (SSSR count). The zero-order chi connectivity index (χ0) is 17.0. The summed E-state index contributed by atoms with van der Waals surface area (Å²) in [6.07, 6.45) is 2.02. The molecule has 2 N–H and O–H groups in total. The number of likely N-dealkylation sites (N-methyl/N-ethyl adjacent to an activating group) is 1. The molecule has 0 bridgehead atoms. The highest BCUT2D eigenvalue weighted by Crippen LogP contribution is 2.13. The van der Waals surface area contributed by atoms with Crippen molar-refractivity contribution in [1.29, 1.82) is 0 Å². The third kappa shape index (κ3) is 4.98. The molecule has 0 saturated carbocycles. The fourth-order valence-electron chi connectivity index (χ4n) is 3.04. The topological polar surface area (TPSA) is 61.4 Å². The second kappa shape index (κ2) is 7.49. The molecule has 126 valence electrons. The largest absolute Gasteiger partial charge is 0.344 e. The molecule has 0 spiro atoms. The number of rotatable bonds is 4. The number of piperidine rings is 1. The summed E-state index contributed by atoms with van der Waals surface area (Å²) in [5.74, 6) is 0.145. The van der Waals surface area contributed by atoms with Gasteiger partial charge in [-0.05, 0) is 44.7 Å². The number of likely N-dealkylation sites (tertiary alicyclic amines) is 1. The van der Waals surface area contributed by atoms with Crippen molar-refractivity contribution in [3.8, 4) is 0 Å². The van der Waals surface area contributed by atoms with Gasteiger partial charge in [-0.15, -0.1) is 0 Å². The van der Waals surface area contributed by atoms with Crippen molar-refractivity contribution < 1.29 is 9.59 Å². The summed E-state index contributed by atoms with van der Waals surface area (Å²) >= 11 is 0. The molecule has 1 aromatic carbocycles. The maximum atomic E-state index is 12.1. The van der Waals surface area contributed by atoms with Gasteiger partial charge in [0.15, 0.2) is 0 Å². The summed E-state index contributed by atoms with van der Waals surface area (Å²) in [5.41, 5.74) is 3.76. The van der Waals surface area contributed by atoms with E-state index in [1.54, 1.807) is 11.9 Å². The number of carbonyl (C=O) groups is 2. The van der Waals surface area contributed by atoms with Gasteiger partial charge in [-0.25, -0.2) is 4.79 Å². The molecular formula is C18H27N3O2. The summed E-state index contributed by atoms with van der Waals surface area (Å²) in [6.45, 7) is 6.77. The molecule has 1 aromatic rings. The number of amides is 3. The van der Waals surface area contributed by atoms with E-state index >= 15 is 0 Å². The molecule has 5 heteroatoms. The van der Waals surface area contributed by atoms with Crippen LogP contribution in [0, 0.1) is 13.8 Å². The highest BCUT2D eigenvalue weighted by atomic mass is 16.2. The summed E-state index contributed by atoms with van der Waals surface area (Å²) in [5, 5.41) is 5.96. The molecule has 1 saturated heterocycles. The summed E-state index contributed by atoms with van der Waals surface area (Å²) in [7, 11) is 1.77. The predicted molar refractivity (Wildman–Crippen MR) is 91.4 cm³/mol. The van der Waals surface area contributed by atoms with Crippen molar-refractivity contribution in [1.82, 2.24) is 15.5 Å². The number of nitrogens with one attached hydrogen (secondary N) is 2. The lowest BCUT2D eigenvalue weighted by Crippen LogP contribution is -2.52. The SMILES string of the molecule is Cc1ccc(CC(C)NC(=O)NC2CCC(=O)N(C)C2)c(C)c1. The van der Waals surface area contributed by atoms with Crippen LogP contribution in [0.3, 0.4) is 0 Å². The van der Waals surface area contributed by atoms with Crippen LogP contribution in [-0.4, -0.2) is 42.5 Å². The second-order valence-corrected chi connectivity index (χ2v) is 6.66. The quantitative estimate of drug-likeness (QED) is 0.894. The van der Waals surface area contributed by atoms with Crippen LogP contribution in [0.15, 0.2) is 18.2 Å². The van der Waals surface area contributed by atoms with E-state index in [0.29, 0.717) is 19.4 Å². The lowest BCUT2D eigenvalue weighted by Gasteiger charge is -2.30. The number of nitrogens with zero attached hydrogens (tertiary/aromatic N) is 1. The fourth-order valence-corrected chi connectivity index (χ4v) is 3.04. The number of urea groups is 1. The average Bonchev–Trinajstić information content (AvgIpc) is 2.46. The Labute approximate surface area is 138 Å². The van der Waals surface area contributed by atoms with E-state index < -0.39 is 0 Å². The van der Waals surface area contributed by atoms with E-state index in [1.165, 1.54) is 16.7 Å². The minimum Gasteiger partial charge on any atom is -0.344 e. The molecule has 0 aromatic heterocycles. The molecule has 5 nitrogen and oxygen atoms in total. The van der Waals surface area contributed by atoms with Crippen LogP contribution in [0.1, 0.15) is 36.5 Å². The van der Waals surface area contributed by atoms with Crippen LogP contribution < -0.4 is 10.6 Å². The normalized spacial score (nSPS) is 19.4. The highest BCUT2D eigenvalue weighted by Gasteiger charge is 2.24. The molecule has 1 aliphatic rings. The van der Waals surface area contributed by atoms with Gasteiger partial charge in [0.1, 0.15) is 0 Å². The Morgan fingerprint density at radius 3 is 2.78 bits per heavy atom. The second-order valence-electron chi connectivity index (χ2n) is 6.66. The van der Waals surface area contributed by atoms with Crippen molar-refractivity contribution in [2.75, 3.05) is 13.6 Å². The van der Waals surface area contributed by atoms with Gasteiger partial charge in [0.2, 0.25) is 5.91 Å². The number of aryl methyl sites for hydroxylation is 2. The smallest absolute Gasteiger partial charge is 0.315 e. The van der Waals surface area contributed by atoms with Crippen LogP contribution in [0.4, 0.5) is 4.79 Å². The molecule has 2 unspecified atom stereocenters. The fraction of sp³-hybridized carbons (Fsp3) is 0.556. The maximum absolute atomic E-state index is 12.1. The Balaban J connectivity index is 1.81. The highest BCUT2D eigenvalue weighted by molar-refractivity contribution is 5.78. The Morgan fingerprint density at radius 2 is 2.13 bits per heavy atom. The van der Waals surface area contributed by atoms with Gasteiger partial charge in [-0.2, -0.15) is 0 Å². The summed E-state index contributed by atoms with van der Waals surface area (Å²) in [6, 6.07) is 6.32. The zero-order valence-corrected chi connectivity index (χ0v) is 14.5. The maximum Gasteiger partial charge on any atom is 0.315 e. The number of hydrogen-bond acceptors (Lipinski definition) is 2. The molecular weight excluding hydrogens is 290 g/mol. The first-order valence-corrected chi connectivity index (χ1v) is 8.22. The van der Waals surface area contributed by atoms with Gasteiger partial charge in [0.25, 0.3) is 0 Å². The van der Waals surface area contributed by atoms with Crippen molar-refractivity contribution >= 4 is 11.9 Å². The van der Waals surface area contributed by atoms with Crippen LogP contribution >= 0.6 is 0 Å². The molecule has 1 heterocycles. The van der Waals surface area contributed by atoms with E-state index in [0.717, 1.165) is 6.42 Å². The van der Waals surface area contributed by atoms with E-state index in [2.05, 4.69) is 42.7 Å². The zero-order valence-electron chi connectivity index (χ0n) is 14.5. The van der Waals surface area contributed by atoms with Gasteiger partial charge in [-0.3, -0.25) is 4.79 Å². The summed E-state index contributed by atoms with van der Waals surface area (Å²) in [4.78, 5) is 25.2. The summed E-state index contributed by atoms with van der Waals surface area (Å²) < 4.78 is 0. The predicted octanol–water partition coefficient (Wildman–Crippen LogP) is 2.15. The van der Waals surface area contributed by atoms with Crippen molar-refractivity contribution in [2.45, 2.75) is 52.1 Å². The number of hydrogen-bond donors (Lipinski definition) is 2. The monoisotopic (exact) mass is 317 g/mol. The van der Waals surface area contributed by atoms with Gasteiger partial charge in [0.05, 0.1) is 0 Å². The molecule has 3 amide bonds. The molecule has 2 atom stereocenters. The first kappa shape index (κ1) is 17.3. The molecule has 0 radical (unpaired) electrons. The first-order chi connectivity index (χ1) is 10.8. The van der Waals surface area contributed by atoms with E-state index in [-0.39, 0.29) is 24.0 Å². The number of benzene rings is 1. The Kier molecular flexibility index (Phi) is 5.64. The average molecular weight is 317 g/mol. The van der Waals surface area contributed by atoms with Gasteiger partial charge >= 0.3 is 6.03 Å². The lowest BCUT2D eigenvalue weighted by molar-refractivity contribution is -0.132. The van der Waals surface area contributed by atoms with Crippen LogP contribution in [-0.2, 0) is 11.2 Å². The molecule has 1 fully saturated rings. The molecule has 23 heavy (non-hydrogen) atoms. The molecule has 0 aliphatic carbocycles. The van der Waals surface area contributed by atoms with E-state index in [9.17, 15) is 9.59 Å². The minimum absolute atomic E-state index is 0.0333. The lowest BCUT2D eigenvalue weighted by atomic mass is 10.00. The van der Waals surface area contributed by atoms with E-state index in [4.69, 9.17) is 0 Å². The van der Waals surface area contributed by atoms with Crippen molar-refractivity contribution in [3.63, 3.8) is 0 Å².